The lowest BCUT2D eigenvalue weighted by atomic mass is 10.2. The van der Waals surface area contributed by atoms with Crippen molar-refractivity contribution in [3.8, 4) is 0 Å². The Kier molecular flexibility index (Phi) is 6.87. The summed E-state index contributed by atoms with van der Waals surface area (Å²) in [5.74, 6) is -0.262. The minimum absolute atomic E-state index is 0.00650. The van der Waals surface area contributed by atoms with Gasteiger partial charge in [-0.1, -0.05) is 61.2 Å². The summed E-state index contributed by atoms with van der Waals surface area (Å²) in [6, 6.07) is 17.0. The molecular weight excluding hydrogens is 452 g/mol. The first-order chi connectivity index (χ1) is 16.4. The second kappa shape index (κ2) is 10.0. The summed E-state index contributed by atoms with van der Waals surface area (Å²) in [5, 5.41) is 0.696. The van der Waals surface area contributed by atoms with Gasteiger partial charge in [0.05, 0.1) is 23.3 Å². The highest BCUT2D eigenvalue weighted by molar-refractivity contribution is 7.99. The maximum Gasteiger partial charge on any atom is 0.330 e. The van der Waals surface area contributed by atoms with E-state index in [1.807, 2.05) is 73.1 Å². The van der Waals surface area contributed by atoms with Crippen molar-refractivity contribution in [3.05, 3.63) is 81.0 Å². The van der Waals surface area contributed by atoms with Crippen LogP contribution in [-0.4, -0.2) is 37.3 Å². The number of nitrogen functional groups attached to an aromatic ring is 1. The van der Waals surface area contributed by atoms with Crippen LogP contribution in [0.2, 0.25) is 0 Å². The number of para-hydroxylation sites is 2. The molecule has 9 nitrogen and oxygen atoms in total. The number of carbonyl (C=O) groups is 1. The molecular formula is C24H26N6O3S. The number of anilines is 2. The minimum Gasteiger partial charge on any atom is -0.383 e. The highest BCUT2D eigenvalue weighted by Crippen LogP contribution is 2.25. The summed E-state index contributed by atoms with van der Waals surface area (Å²) in [7, 11) is 1.90. The molecule has 0 aliphatic heterocycles. The van der Waals surface area contributed by atoms with Gasteiger partial charge in [-0.2, -0.15) is 0 Å². The average Bonchev–Trinajstić information content (AvgIpc) is 3.16. The number of aromatic nitrogens is 4. The molecule has 2 aromatic heterocycles. The number of aryl methyl sites for hydroxylation is 1. The normalized spacial score (nSPS) is 11.1. The average molecular weight is 479 g/mol. The molecule has 10 heteroatoms. The van der Waals surface area contributed by atoms with Crippen LogP contribution in [0, 0.1) is 0 Å². The Morgan fingerprint density at radius 3 is 2.53 bits per heavy atom. The van der Waals surface area contributed by atoms with Gasteiger partial charge in [-0.3, -0.25) is 19.1 Å². The molecule has 0 aliphatic rings. The zero-order chi connectivity index (χ0) is 24.2. The van der Waals surface area contributed by atoms with E-state index in [4.69, 9.17) is 5.73 Å². The molecule has 0 spiro atoms. The molecule has 0 atom stereocenters. The minimum atomic E-state index is -0.679. The van der Waals surface area contributed by atoms with E-state index in [1.54, 1.807) is 0 Å². The number of carbonyl (C=O) groups excluding carboxylic acids is 1. The SMILES string of the molecule is CCCN(C(=O)CSc1nc2ccccc2n1C)c1c(N)n(Cc2ccccc2)c(=O)[nH]c1=O. The molecule has 0 saturated carbocycles. The quantitative estimate of drug-likeness (QED) is 0.376. The number of imidazole rings is 1. The van der Waals surface area contributed by atoms with Gasteiger partial charge in [-0.05, 0) is 24.1 Å². The molecule has 4 rings (SSSR count). The van der Waals surface area contributed by atoms with E-state index in [2.05, 4.69) is 9.97 Å². The Balaban J connectivity index is 1.63. The van der Waals surface area contributed by atoms with Crippen LogP contribution in [-0.2, 0) is 18.4 Å². The summed E-state index contributed by atoms with van der Waals surface area (Å²) in [6.07, 6.45) is 0.611. The van der Waals surface area contributed by atoms with Crippen LogP contribution >= 0.6 is 11.8 Å². The second-order valence-electron chi connectivity index (χ2n) is 7.84. The zero-order valence-electron chi connectivity index (χ0n) is 19.0. The Labute approximate surface area is 200 Å². The summed E-state index contributed by atoms with van der Waals surface area (Å²) >= 11 is 1.29. The number of thioether (sulfide) groups is 1. The van der Waals surface area contributed by atoms with Gasteiger partial charge in [0.25, 0.3) is 5.56 Å². The monoisotopic (exact) mass is 478 g/mol. The van der Waals surface area contributed by atoms with Crippen molar-refractivity contribution < 1.29 is 4.79 Å². The van der Waals surface area contributed by atoms with Gasteiger partial charge in [0.1, 0.15) is 5.82 Å². The first-order valence-electron chi connectivity index (χ1n) is 10.9. The summed E-state index contributed by atoms with van der Waals surface area (Å²) in [4.78, 5) is 46.8. The number of fused-ring (bicyclic) bond motifs is 1. The van der Waals surface area contributed by atoms with E-state index in [0.717, 1.165) is 16.6 Å². The van der Waals surface area contributed by atoms with Gasteiger partial charge in [0, 0.05) is 13.6 Å². The number of H-pyrrole nitrogens is 1. The number of nitrogens with zero attached hydrogens (tertiary/aromatic N) is 4. The molecule has 0 radical (unpaired) electrons. The van der Waals surface area contributed by atoms with E-state index in [0.29, 0.717) is 18.1 Å². The van der Waals surface area contributed by atoms with Gasteiger partial charge in [0.2, 0.25) is 5.91 Å². The van der Waals surface area contributed by atoms with E-state index in [1.165, 1.54) is 21.2 Å². The first-order valence-corrected chi connectivity index (χ1v) is 11.9. The fourth-order valence-corrected chi connectivity index (χ4v) is 4.67. The van der Waals surface area contributed by atoms with Crippen LogP contribution in [0.4, 0.5) is 11.5 Å². The highest BCUT2D eigenvalue weighted by Gasteiger charge is 2.24. The van der Waals surface area contributed by atoms with Crippen LogP contribution in [0.1, 0.15) is 18.9 Å². The largest absolute Gasteiger partial charge is 0.383 e. The number of nitrogens with two attached hydrogens (primary N) is 1. The molecule has 0 aliphatic carbocycles. The molecule has 34 heavy (non-hydrogen) atoms. The van der Waals surface area contributed by atoms with Crippen molar-refractivity contribution in [2.45, 2.75) is 25.0 Å². The third-order valence-electron chi connectivity index (χ3n) is 5.49. The van der Waals surface area contributed by atoms with Crippen molar-refractivity contribution >= 4 is 40.2 Å². The van der Waals surface area contributed by atoms with Crippen molar-refractivity contribution in [3.63, 3.8) is 0 Å². The maximum absolute atomic E-state index is 13.3. The van der Waals surface area contributed by atoms with E-state index in [-0.39, 0.29) is 29.7 Å². The van der Waals surface area contributed by atoms with E-state index in [9.17, 15) is 14.4 Å². The number of rotatable bonds is 8. The molecule has 2 aromatic carbocycles. The Bertz CT molecular complexity index is 1440. The number of aromatic amines is 1. The number of hydrogen-bond acceptors (Lipinski definition) is 6. The maximum atomic E-state index is 13.3. The Morgan fingerprint density at radius 1 is 1.12 bits per heavy atom. The van der Waals surface area contributed by atoms with E-state index < -0.39 is 11.2 Å². The lowest BCUT2D eigenvalue weighted by Crippen LogP contribution is -2.42. The summed E-state index contributed by atoms with van der Waals surface area (Å²) < 4.78 is 3.21. The third kappa shape index (κ3) is 4.62. The molecule has 0 fully saturated rings. The molecule has 176 valence electrons. The lowest BCUT2D eigenvalue weighted by molar-refractivity contribution is -0.116. The predicted octanol–water partition coefficient (Wildman–Crippen LogP) is 2.59. The number of amides is 1. The number of nitrogens with one attached hydrogen (secondary N) is 1. The standard InChI is InChI=1S/C24H26N6O3S/c1-3-13-29(19(31)15-34-24-26-17-11-7-8-12-18(17)28(24)2)20-21(25)30(23(33)27-22(20)32)14-16-9-5-4-6-10-16/h4-12H,3,13-15,25H2,1-2H3,(H,27,32,33). The third-order valence-corrected chi connectivity index (χ3v) is 6.50. The Hall–Kier alpha value is -3.79. The molecule has 0 saturated heterocycles. The van der Waals surface area contributed by atoms with Gasteiger partial charge in [0.15, 0.2) is 10.8 Å². The molecule has 0 bridgehead atoms. The fraction of sp³-hybridized carbons (Fsp3) is 0.250. The van der Waals surface area contributed by atoms with E-state index >= 15 is 0 Å². The fourth-order valence-electron chi connectivity index (χ4n) is 3.80. The van der Waals surface area contributed by atoms with Crippen LogP contribution < -0.4 is 21.9 Å². The molecule has 2 heterocycles. The molecule has 0 unspecified atom stereocenters. The Morgan fingerprint density at radius 2 is 1.82 bits per heavy atom. The molecule has 1 amide bonds. The van der Waals surface area contributed by atoms with Crippen LogP contribution in [0.5, 0.6) is 0 Å². The topological polar surface area (TPSA) is 119 Å². The first kappa shape index (κ1) is 23.4. The zero-order valence-corrected chi connectivity index (χ0v) is 19.8. The number of benzene rings is 2. The van der Waals surface area contributed by atoms with Gasteiger partial charge < -0.3 is 15.2 Å². The molecule has 4 aromatic rings. The van der Waals surface area contributed by atoms with Crippen molar-refractivity contribution in [2.24, 2.45) is 7.05 Å². The van der Waals surface area contributed by atoms with Gasteiger partial charge >= 0.3 is 5.69 Å². The van der Waals surface area contributed by atoms with Crippen LogP contribution in [0.3, 0.4) is 0 Å². The van der Waals surface area contributed by atoms with Gasteiger partial charge in [-0.25, -0.2) is 9.78 Å². The highest BCUT2D eigenvalue weighted by atomic mass is 32.2. The van der Waals surface area contributed by atoms with Crippen molar-refractivity contribution in [1.82, 2.24) is 19.1 Å². The predicted molar refractivity (Wildman–Crippen MR) is 135 cm³/mol. The van der Waals surface area contributed by atoms with Gasteiger partial charge in [-0.15, -0.1) is 0 Å². The molecule has 3 N–H and O–H groups in total. The number of hydrogen-bond donors (Lipinski definition) is 2. The lowest BCUT2D eigenvalue weighted by Gasteiger charge is -2.24. The summed E-state index contributed by atoms with van der Waals surface area (Å²) in [5.41, 5.74) is 7.67. The van der Waals surface area contributed by atoms with Crippen molar-refractivity contribution in [2.75, 3.05) is 22.9 Å². The smallest absolute Gasteiger partial charge is 0.330 e. The van der Waals surface area contributed by atoms with Crippen LogP contribution in [0.25, 0.3) is 11.0 Å². The second-order valence-corrected chi connectivity index (χ2v) is 8.78. The van der Waals surface area contributed by atoms with Crippen molar-refractivity contribution in [1.29, 1.82) is 0 Å². The summed E-state index contributed by atoms with van der Waals surface area (Å²) in [6.45, 7) is 2.38. The van der Waals surface area contributed by atoms with Crippen LogP contribution in [0.15, 0.2) is 69.3 Å².